The Bertz CT molecular complexity index is 938. The fraction of sp³-hybridized carbons (Fsp3) is 0.0909. The molecule has 136 valence electrons. The molecule has 0 aliphatic rings. The molecule has 3 rings (SSSR count). The number of hydrogen-bond acceptors (Lipinski definition) is 3. The highest BCUT2D eigenvalue weighted by Gasteiger charge is 2.11. The molecule has 0 fully saturated rings. The van der Waals surface area contributed by atoms with Crippen LogP contribution in [0.5, 0.6) is 5.75 Å². The highest BCUT2D eigenvalue weighted by atomic mass is 32.1. The molecule has 0 atom stereocenters. The van der Waals surface area contributed by atoms with Crippen LogP contribution >= 0.6 is 24.4 Å². The number of nitrogens with zero attached hydrogens (tertiary/aromatic N) is 1. The molecular formula is C22H20N2OS2. The Balaban J connectivity index is 1.69. The molecule has 0 spiro atoms. The van der Waals surface area contributed by atoms with Crippen molar-refractivity contribution in [3.8, 4) is 16.9 Å². The van der Waals surface area contributed by atoms with Gasteiger partial charge >= 0.3 is 0 Å². The van der Waals surface area contributed by atoms with Crippen molar-refractivity contribution in [3.05, 3.63) is 84.4 Å². The second-order valence-electron chi connectivity index (χ2n) is 6.15. The van der Waals surface area contributed by atoms with Crippen molar-refractivity contribution in [1.82, 2.24) is 4.90 Å². The maximum absolute atomic E-state index is 5.77. The zero-order valence-corrected chi connectivity index (χ0v) is 16.8. The minimum absolute atomic E-state index is 0.275. The van der Waals surface area contributed by atoms with Crippen molar-refractivity contribution in [2.75, 3.05) is 19.4 Å². The van der Waals surface area contributed by atoms with Crippen LogP contribution in [-0.2, 0) is 0 Å². The number of rotatable bonds is 4. The normalized spacial score (nSPS) is 10.1. The molecule has 0 bridgehead atoms. The van der Waals surface area contributed by atoms with Crippen LogP contribution in [0.3, 0.4) is 0 Å². The van der Waals surface area contributed by atoms with Crippen molar-refractivity contribution in [1.29, 1.82) is 0 Å². The summed E-state index contributed by atoms with van der Waals surface area (Å²) in [4.78, 5) is 2.62. The molecule has 0 unspecified atom stereocenters. The molecule has 0 amide bonds. The molecule has 5 heteroatoms. The summed E-state index contributed by atoms with van der Waals surface area (Å²) in [5.41, 5.74) is 4.02. The van der Waals surface area contributed by atoms with Gasteiger partial charge in [-0.3, -0.25) is 0 Å². The lowest BCUT2D eigenvalue weighted by atomic mass is 10.1. The Labute approximate surface area is 170 Å². The second kappa shape index (κ2) is 8.75. The molecular weight excluding hydrogens is 372 g/mol. The van der Waals surface area contributed by atoms with Gasteiger partial charge in [-0.05, 0) is 47.6 Å². The first-order chi connectivity index (χ1) is 13.0. The molecule has 0 saturated carbocycles. The maximum Gasteiger partial charge on any atom is 0.266 e. The van der Waals surface area contributed by atoms with Crippen molar-refractivity contribution in [3.63, 3.8) is 0 Å². The number of anilines is 1. The second-order valence-corrected chi connectivity index (χ2v) is 6.91. The Morgan fingerprint density at radius 3 is 2.04 bits per heavy atom. The lowest BCUT2D eigenvalue weighted by Crippen LogP contribution is -2.24. The molecule has 0 aliphatic heterocycles. The fourth-order valence-electron chi connectivity index (χ4n) is 2.61. The van der Waals surface area contributed by atoms with Gasteiger partial charge in [0.25, 0.3) is 5.17 Å². The van der Waals surface area contributed by atoms with Crippen LogP contribution in [0.4, 0.5) is 5.69 Å². The first-order valence-electron chi connectivity index (χ1n) is 8.49. The van der Waals surface area contributed by atoms with Crippen LogP contribution in [0.1, 0.15) is 5.56 Å². The number of ether oxygens (including phenoxy) is 1. The zero-order valence-electron chi connectivity index (χ0n) is 15.2. The van der Waals surface area contributed by atoms with E-state index < -0.39 is 0 Å². The van der Waals surface area contributed by atoms with E-state index in [1.807, 2.05) is 85.7 Å². The zero-order chi connectivity index (χ0) is 19.2. The summed E-state index contributed by atoms with van der Waals surface area (Å²) >= 11 is 10.8. The topological polar surface area (TPSA) is 24.5 Å². The highest BCUT2D eigenvalue weighted by Crippen LogP contribution is 2.23. The smallest absolute Gasteiger partial charge is 0.266 e. The lowest BCUT2D eigenvalue weighted by molar-refractivity contribution is 0.563. The molecule has 1 N–H and O–H groups in total. The van der Waals surface area contributed by atoms with E-state index in [9.17, 15) is 0 Å². The molecule has 0 radical (unpaired) electrons. The number of hydrogen-bond donors (Lipinski definition) is 1. The third-order valence-corrected chi connectivity index (χ3v) is 4.74. The van der Waals surface area contributed by atoms with Crippen LogP contribution in [0.25, 0.3) is 11.1 Å². The van der Waals surface area contributed by atoms with Crippen LogP contribution in [0.2, 0.25) is 0 Å². The molecule has 0 saturated heterocycles. The van der Waals surface area contributed by atoms with E-state index >= 15 is 0 Å². The Hall–Kier alpha value is -2.76. The fourth-order valence-corrected chi connectivity index (χ4v) is 2.99. The summed E-state index contributed by atoms with van der Waals surface area (Å²) in [7, 11) is 3.84. The van der Waals surface area contributed by atoms with Crippen molar-refractivity contribution in [2.45, 2.75) is 0 Å². The molecule has 0 aliphatic carbocycles. The predicted octanol–water partition coefficient (Wildman–Crippen LogP) is 5.37. The molecule has 0 aromatic heterocycles. The summed E-state index contributed by atoms with van der Waals surface area (Å²) in [6.07, 6.45) is 0. The molecule has 3 aromatic carbocycles. The largest absolute Gasteiger partial charge is 0.432 e. The quantitative estimate of drug-likeness (QED) is 0.602. The van der Waals surface area contributed by atoms with Gasteiger partial charge in [0, 0.05) is 19.7 Å². The van der Waals surface area contributed by atoms with E-state index in [4.69, 9.17) is 29.2 Å². The first kappa shape index (κ1) is 19.0. The molecule has 0 heterocycles. The minimum Gasteiger partial charge on any atom is -0.432 e. The van der Waals surface area contributed by atoms with Crippen molar-refractivity contribution in [2.24, 2.45) is 0 Å². The van der Waals surface area contributed by atoms with E-state index in [2.05, 4.69) is 17.4 Å². The highest BCUT2D eigenvalue weighted by molar-refractivity contribution is 7.80. The van der Waals surface area contributed by atoms with Crippen LogP contribution < -0.4 is 10.1 Å². The van der Waals surface area contributed by atoms with Crippen LogP contribution in [0, 0.1) is 0 Å². The number of benzene rings is 3. The average molecular weight is 393 g/mol. The van der Waals surface area contributed by atoms with Gasteiger partial charge in [0.15, 0.2) is 0 Å². The van der Waals surface area contributed by atoms with E-state index in [0.717, 1.165) is 27.4 Å². The summed E-state index contributed by atoms with van der Waals surface area (Å²) in [5, 5.41) is 3.41. The number of para-hydroxylation sites is 1. The maximum atomic E-state index is 5.77. The monoisotopic (exact) mass is 392 g/mol. The van der Waals surface area contributed by atoms with Crippen molar-refractivity contribution < 1.29 is 4.74 Å². The van der Waals surface area contributed by atoms with E-state index in [1.165, 1.54) is 0 Å². The minimum atomic E-state index is 0.275. The molecule has 3 aromatic rings. The van der Waals surface area contributed by atoms with Gasteiger partial charge in [0.05, 0.1) is 5.69 Å². The third-order valence-electron chi connectivity index (χ3n) is 3.97. The van der Waals surface area contributed by atoms with Crippen molar-refractivity contribution >= 4 is 40.3 Å². The predicted molar refractivity (Wildman–Crippen MR) is 121 cm³/mol. The SMILES string of the molecule is CN(C)C(=S)c1ccccc1NC(=S)Oc1ccc(-c2ccccc2)cc1. The van der Waals surface area contributed by atoms with E-state index in [1.54, 1.807) is 0 Å². The molecule has 3 nitrogen and oxygen atoms in total. The first-order valence-corrected chi connectivity index (χ1v) is 9.31. The summed E-state index contributed by atoms with van der Waals surface area (Å²) in [6, 6.07) is 25.8. The van der Waals surface area contributed by atoms with E-state index in [0.29, 0.717) is 5.75 Å². The van der Waals surface area contributed by atoms with Gasteiger partial charge in [-0.25, -0.2) is 0 Å². The van der Waals surface area contributed by atoms with Crippen LogP contribution in [-0.4, -0.2) is 29.2 Å². The number of thiocarbonyl (C=S) groups is 2. The van der Waals surface area contributed by atoms with Gasteiger partial charge in [0.2, 0.25) is 0 Å². The van der Waals surface area contributed by atoms with Gasteiger partial charge in [-0.1, -0.05) is 66.8 Å². The Kier molecular flexibility index (Phi) is 6.16. The average Bonchev–Trinajstić information content (AvgIpc) is 2.69. The van der Waals surface area contributed by atoms with E-state index in [-0.39, 0.29) is 5.17 Å². The van der Waals surface area contributed by atoms with Gasteiger partial charge < -0.3 is 15.0 Å². The van der Waals surface area contributed by atoms with Gasteiger partial charge in [-0.15, -0.1) is 0 Å². The standard InChI is InChI=1S/C22H20N2OS2/c1-24(2)21(26)19-10-6-7-11-20(19)23-22(27)25-18-14-12-17(13-15-18)16-8-4-3-5-9-16/h3-15H,1-2H3,(H,23,27). The van der Waals surface area contributed by atoms with Gasteiger partial charge in [-0.2, -0.15) is 0 Å². The Morgan fingerprint density at radius 2 is 1.37 bits per heavy atom. The summed E-state index contributed by atoms with van der Waals surface area (Å²) in [5.74, 6) is 0.680. The summed E-state index contributed by atoms with van der Waals surface area (Å²) in [6.45, 7) is 0. The van der Waals surface area contributed by atoms with Gasteiger partial charge in [0.1, 0.15) is 10.7 Å². The third kappa shape index (κ3) is 4.90. The lowest BCUT2D eigenvalue weighted by Gasteiger charge is -2.18. The van der Waals surface area contributed by atoms with Crippen LogP contribution in [0.15, 0.2) is 78.9 Å². The summed E-state index contributed by atoms with van der Waals surface area (Å²) < 4.78 is 5.77. The Morgan fingerprint density at radius 1 is 0.778 bits per heavy atom. The number of nitrogens with one attached hydrogen (secondary N) is 1. The molecule has 27 heavy (non-hydrogen) atoms.